The van der Waals surface area contributed by atoms with Gasteiger partial charge in [-0.1, -0.05) is 60.7 Å². The first kappa shape index (κ1) is 25.7. The first-order chi connectivity index (χ1) is 17.7. The quantitative estimate of drug-likeness (QED) is 0.389. The van der Waals surface area contributed by atoms with Gasteiger partial charge in [-0.2, -0.15) is 0 Å². The van der Waals surface area contributed by atoms with E-state index in [0.29, 0.717) is 30.3 Å². The third-order valence-electron chi connectivity index (χ3n) is 6.67. The van der Waals surface area contributed by atoms with Crippen molar-refractivity contribution in [2.45, 2.75) is 31.3 Å². The summed E-state index contributed by atoms with van der Waals surface area (Å²) in [5.41, 5.74) is 3.11. The SMILES string of the molecule is COCCCOc1cc(C(=O)NC2CN(Cc3ccccc3)CC[C@@H]2c2ccccc2)ccc1OC. The monoisotopic (exact) mass is 488 g/mol. The van der Waals surface area contributed by atoms with Crippen LogP contribution >= 0.6 is 0 Å². The average molecular weight is 489 g/mol. The Balaban J connectivity index is 1.50. The molecule has 36 heavy (non-hydrogen) atoms. The van der Waals surface area contributed by atoms with Crippen LogP contribution in [0.25, 0.3) is 0 Å². The summed E-state index contributed by atoms with van der Waals surface area (Å²) in [4.78, 5) is 15.9. The molecular formula is C30H36N2O4. The Labute approximate surface area is 214 Å². The van der Waals surface area contributed by atoms with E-state index in [1.165, 1.54) is 11.1 Å². The number of methoxy groups -OCH3 is 2. The summed E-state index contributed by atoms with van der Waals surface area (Å²) in [5.74, 6) is 1.32. The smallest absolute Gasteiger partial charge is 0.251 e. The summed E-state index contributed by atoms with van der Waals surface area (Å²) in [5, 5.41) is 3.34. The van der Waals surface area contributed by atoms with Gasteiger partial charge in [0.15, 0.2) is 11.5 Å². The molecule has 1 saturated heterocycles. The predicted octanol–water partition coefficient (Wildman–Crippen LogP) is 4.90. The fourth-order valence-electron chi connectivity index (χ4n) is 4.82. The molecule has 0 bridgehead atoms. The molecule has 0 radical (unpaired) electrons. The van der Waals surface area contributed by atoms with E-state index in [1.807, 2.05) is 12.1 Å². The summed E-state index contributed by atoms with van der Waals surface area (Å²) in [6, 6.07) is 26.3. The van der Waals surface area contributed by atoms with Crippen LogP contribution in [0, 0.1) is 0 Å². The van der Waals surface area contributed by atoms with Crippen molar-refractivity contribution in [3.05, 3.63) is 95.6 Å². The van der Waals surface area contributed by atoms with Crippen molar-refractivity contribution < 1.29 is 19.0 Å². The Morgan fingerprint density at radius 1 is 0.944 bits per heavy atom. The molecule has 3 aromatic rings. The maximum absolute atomic E-state index is 13.4. The van der Waals surface area contributed by atoms with Crippen LogP contribution in [0.3, 0.4) is 0 Å². The number of carbonyl (C=O) groups excluding carboxylic acids is 1. The maximum Gasteiger partial charge on any atom is 0.251 e. The lowest BCUT2D eigenvalue weighted by Crippen LogP contribution is -2.51. The number of hydrogen-bond donors (Lipinski definition) is 1. The van der Waals surface area contributed by atoms with Crippen LogP contribution < -0.4 is 14.8 Å². The number of nitrogens with one attached hydrogen (secondary N) is 1. The minimum Gasteiger partial charge on any atom is -0.493 e. The van der Waals surface area contributed by atoms with Gasteiger partial charge in [-0.25, -0.2) is 0 Å². The molecule has 6 nitrogen and oxygen atoms in total. The predicted molar refractivity (Wildman–Crippen MR) is 142 cm³/mol. The highest BCUT2D eigenvalue weighted by molar-refractivity contribution is 5.95. The lowest BCUT2D eigenvalue weighted by molar-refractivity contribution is 0.0883. The topological polar surface area (TPSA) is 60.0 Å². The summed E-state index contributed by atoms with van der Waals surface area (Å²) in [6.45, 7) is 3.75. The second kappa shape index (κ2) is 13.1. The minimum atomic E-state index is -0.105. The number of rotatable bonds is 11. The molecule has 1 unspecified atom stereocenters. The maximum atomic E-state index is 13.4. The molecule has 190 valence electrons. The molecule has 3 aromatic carbocycles. The zero-order valence-electron chi connectivity index (χ0n) is 21.2. The molecule has 1 amide bonds. The van der Waals surface area contributed by atoms with E-state index in [4.69, 9.17) is 14.2 Å². The number of amides is 1. The van der Waals surface area contributed by atoms with E-state index in [0.717, 1.165) is 32.5 Å². The lowest BCUT2D eigenvalue weighted by Gasteiger charge is -2.39. The van der Waals surface area contributed by atoms with Crippen molar-refractivity contribution in [3.63, 3.8) is 0 Å². The molecule has 1 fully saturated rings. The first-order valence-corrected chi connectivity index (χ1v) is 12.6. The first-order valence-electron chi connectivity index (χ1n) is 12.6. The van der Waals surface area contributed by atoms with E-state index in [2.05, 4.69) is 58.7 Å². The van der Waals surface area contributed by atoms with Crippen molar-refractivity contribution >= 4 is 5.91 Å². The van der Waals surface area contributed by atoms with Gasteiger partial charge >= 0.3 is 0 Å². The molecule has 4 rings (SSSR count). The van der Waals surface area contributed by atoms with Gasteiger partial charge in [-0.15, -0.1) is 0 Å². The van der Waals surface area contributed by atoms with Crippen molar-refractivity contribution in [2.24, 2.45) is 0 Å². The Hall–Kier alpha value is -3.35. The van der Waals surface area contributed by atoms with E-state index in [1.54, 1.807) is 32.4 Å². The van der Waals surface area contributed by atoms with Crippen molar-refractivity contribution in [2.75, 3.05) is 40.5 Å². The lowest BCUT2D eigenvalue weighted by atomic mass is 9.85. The minimum absolute atomic E-state index is 0.00876. The molecule has 0 saturated carbocycles. The number of likely N-dealkylation sites (tertiary alicyclic amines) is 1. The van der Waals surface area contributed by atoms with E-state index in [9.17, 15) is 4.79 Å². The standard InChI is InChI=1S/C30H36N2O4/c1-34-18-9-19-36-29-20-25(14-15-28(29)35-2)30(33)31-27-22-32(21-23-10-5-3-6-11-23)17-16-26(27)24-12-7-4-8-13-24/h3-8,10-15,20,26-27H,9,16-19,21-22H2,1-2H3,(H,31,33)/t26-,27?/m1/s1. The fraction of sp³-hybridized carbons (Fsp3) is 0.367. The Kier molecular flexibility index (Phi) is 9.36. The number of carbonyl (C=O) groups is 1. The highest BCUT2D eigenvalue weighted by atomic mass is 16.5. The second-order valence-corrected chi connectivity index (χ2v) is 9.17. The summed E-state index contributed by atoms with van der Waals surface area (Å²) in [7, 11) is 3.27. The molecule has 0 spiro atoms. The zero-order valence-corrected chi connectivity index (χ0v) is 21.2. The Bertz CT molecular complexity index is 1090. The molecule has 6 heteroatoms. The van der Waals surface area contributed by atoms with Crippen LogP contribution in [0.5, 0.6) is 11.5 Å². The van der Waals surface area contributed by atoms with E-state index in [-0.39, 0.29) is 17.9 Å². The van der Waals surface area contributed by atoms with Gasteiger partial charge < -0.3 is 19.5 Å². The molecule has 1 aliphatic rings. The summed E-state index contributed by atoms with van der Waals surface area (Å²) >= 11 is 0. The number of hydrogen-bond acceptors (Lipinski definition) is 5. The van der Waals surface area contributed by atoms with Crippen LogP contribution in [0.4, 0.5) is 0 Å². The summed E-state index contributed by atoms with van der Waals surface area (Å²) < 4.78 is 16.4. The normalized spacial score (nSPS) is 17.9. The molecule has 1 aliphatic heterocycles. The molecule has 1 heterocycles. The van der Waals surface area contributed by atoms with Gasteiger partial charge in [-0.3, -0.25) is 9.69 Å². The number of ether oxygens (including phenoxy) is 3. The van der Waals surface area contributed by atoms with Crippen molar-refractivity contribution in [1.29, 1.82) is 0 Å². The number of nitrogens with zero attached hydrogens (tertiary/aromatic N) is 1. The Morgan fingerprint density at radius 3 is 2.42 bits per heavy atom. The average Bonchev–Trinajstić information content (AvgIpc) is 2.92. The van der Waals surface area contributed by atoms with Crippen LogP contribution in [0.15, 0.2) is 78.9 Å². The number of benzene rings is 3. The van der Waals surface area contributed by atoms with Crippen molar-refractivity contribution in [1.82, 2.24) is 10.2 Å². The largest absolute Gasteiger partial charge is 0.493 e. The van der Waals surface area contributed by atoms with Gasteiger partial charge in [-0.05, 0) is 42.3 Å². The highest BCUT2D eigenvalue weighted by Gasteiger charge is 2.32. The van der Waals surface area contributed by atoms with Crippen LogP contribution in [0.2, 0.25) is 0 Å². The van der Waals surface area contributed by atoms with Crippen molar-refractivity contribution in [3.8, 4) is 11.5 Å². The third-order valence-corrected chi connectivity index (χ3v) is 6.67. The Morgan fingerprint density at radius 2 is 1.69 bits per heavy atom. The van der Waals surface area contributed by atoms with Crippen LogP contribution in [-0.4, -0.2) is 57.4 Å². The van der Waals surface area contributed by atoms with E-state index >= 15 is 0 Å². The van der Waals surface area contributed by atoms with Crippen LogP contribution in [0.1, 0.15) is 40.2 Å². The zero-order chi connectivity index (χ0) is 25.2. The molecule has 2 atom stereocenters. The van der Waals surface area contributed by atoms with Gasteiger partial charge in [0.2, 0.25) is 0 Å². The van der Waals surface area contributed by atoms with Gasteiger partial charge in [0.1, 0.15) is 0 Å². The fourth-order valence-corrected chi connectivity index (χ4v) is 4.82. The summed E-state index contributed by atoms with van der Waals surface area (Å²) in [6.07, 6.45) is 1.74. The molecule has 0 aromatic heterocycles. The highest BCUT2D eigenvalue weighted by Crippen LogP contribution is 2.31. The third kappa shape index (κ3) is 6.86. The van der Waals surface area contributed by atoms with Crippen LogP contribution in [-0.2, 0) is 11.3 Å². The van der Waals surface area contributed by atoms with Gasteiger partial charge in [0, 0.05) is 50.8 Å². The van der Waals surface area contributed by atoms with E-state index < -0.39 is 0 Å². The molecular weight excluding hydrogens is 452 g/mol. The second-order valence-electron chi connectivity index (χ2n) is 9.17. The van der Waals surface area contributed by atoms with Gasteiger partial charge in [0.05, 0.1) is 13.7 Å². The molecule has 0 aliphatic carbocycles. The molecule has 1 N–H and O–H groups in total. The van der Waals surface area contributed by atoms with Gasteiger partial charge in [0.25, 0.3) is 5.91 Å². The number of piperidine rings is 1.